The zero-order chi connectivity index (χ0) is 36.3. The normalized spacial score (nSPS) is 16.1. The van der Waals surface area contributed by atoms with Crippen molar-refractivity contribution < 1.29 is 0 Å². The van der Waals surface area contributed by atoms with E-state index in [0.717, 1.165) is 60.2 Å². The van der Waals surface area contributed by atoms with Crippen molar-refractivity contribution in [1.82, 2.24) is 9.55 Å². The highest BCUT2D eigenvalue weighted by Gasteiger charge is 2.23. The summed E-state index contributed by atoms with van der Waals surface area (Å²) in [5, 5.41) is 8.00. The second kappa shape index (κ2) is 13.1. The second-order valence-electron chi connectivity index (χ2n) is 15.2. The summed E-state index contributed by atoms with van der Waals surface area (Å²) in [6.07, 6.45) is 22.1. The molecule has 0 bridgehead atoms. The first-order valence-corrected chi connectivity index (χ1v) is 19.8. The van der Waals surface area contributed by atoms with E-state index in [4.69, 9.17) is 4.98 Å². The van der Waals surface area contributed by atoms with Gasteiger partial charge in [-0.1, -0.05) is 146 Å². The van der Waals surface area contributed by atoms with Crippen molar-refractivity contribution in [3.63, 3.8) is 0 Å². The van der Waals surface area contributed by atoms with E-state index in [9.17, 15) is 0 Å². The van der Waals surface area contributed by atoms with E-state index >= 15 is 0 Å². The summed E-state index contributed by atoms with van der Waals surface area (Å²) in [6.45, 7) is 0. The first-order chi connectivity index (χ1) is 27.3. The molecule has 7 aromatic carbocycles. The fourth-order valence-electron chi connectivity index (χ4n) is 9.46. The molecule has 2 heteroatoms. The summed E-state index contributed by atoms with van der Waals surface area (Å²) < 4.78 is 2.30. The SMILES string of the molecule is C1=Cc2c(cccc2-c2c3c(c(-c4cccc5ccccc45)c4cc(C5C=CC(c6nc7ccccc7n6-c6ccccc6)=CC5)ccc24)=CCCC=3)CC1. The lowest BCUT2D eigenvalue weighted by Crippen LogP contribution is -2.32. The number of benzene rings is 7. The number of aryl methyl sites for hydroxylation is 1. The van der Waals surface area contributed by atoms with Gasteiger partial charge in [0.05, 0.1) is 11.0 Å². The van der Waals surface area contributed by atoms with Crippen LogP contribution in [-0.4, -0.2) is 9.55 Å². The standard InChI is InChI=1S/C53H40N2/c1-2-18-40(19-3-1)55-50-27-11-10-26-49(50)54-53(55)38-30-28-35(29-31-38)39-32-33-47-48(34-39)52(44-25-13-17-37-15-5-7-21-42(37)44)46-23-9-8-22-45(46)51(47)43-24-12-16-36-14-4-6-20-41(36)43/h1-3,5-7,10-13,15-28,30-35H,4,8-9,14,29H2. The maximum atomic E-state index is 5.16. The smallest absolute Gasteiger partial charge is 0.145 e. The van der Waals surface area contributed by atoms with Gasteiger partial charge in [-0.3, -0.25) is 4.57 Å². The van der Waals surface area contributed by atoms with Crippen LogP contribution in [0.3, 0.4) is 0 Å². The van der Waals surface area contributed by atoms with Crippen LogP contribution in [0.25, 0.3) is 84.3 Å². The zero-order valence-electron chi connectivity index (χ0n) is 30.8. The first kappa shape index (κ1) is 32.0. The van der Waals surface area contributed by atoms with Crippen molar-refractivity contribution in [2.24, 2.45) is 0 Å². The van der Waals surface area contributed by atoms with Crippen LogP contribution in [0.2, 0.25) is 0 Å². The van der Waals surface area contributed by atoms with Gasteiger partial charge in [0.15, 0.2) is 0 Å². The van der Waals surface area contributed by atoms with Crippen LogP contribution in [0.4, 0.5) is 0 Å². The van der Waals surface area contributed by atoms with Crippen molar-refractivity contribution in [2.75, 3.05) is 0 Å². The first-order valence-electron chi connectivity index (χ1n) is 19.8. The predicted molar refractivity (Wildman–Crippen MR) is 233 cm³/mol. The van der Waals surface area contributed by atoms with Crippen molar-refractivity contribution in [3.05, 3.63) is 191 Å². The Balaban J connectivity index is 1.10. The fraction of sp³-hybridized carbons (Fsp3) is 0.113. The number of aromatic nitrogens is 2. The summed E-state index contributed by atoms with van der Waals surface area (Å²) in [7, 11) is 0. The number of rotatable bonds is 5. The van der Waals surface area contributed by atoms with E-state index in [0.29, 0.717) is 0 Å². The van der Waals surface area contributed by atoms with E-state index in [2.05, 4.69) is 181 Å². The number of hydrogen-bond acceptors (Lipinski definition) is 1. The molecule has 0 aliphatic heterocycles. The molecule has 0 radical (unpaired) electrons. The number of fused-ring (bicyclic) bond motifs is 5. The molecule has 1 unspecified atom stereocenters. The molecule has 0 spiro atoms. The van der Waals surface area contributed by atoms with Crippen molar-refractivity contribution in [2.45, 2.75) is 38.0 Å². The van der Waals surface area contributed by atoms with E-state index in [-0.39, 0.29) is 5.92 Å². The largest absolute Gasteiger partial charge is 0.292 e. The number of allylic oxidation sites excluding steroid dienone is 5. The molecule has 0 saturated carbocycles. The summed E-state index contributed by atoms with van der Waals surface area (Å²) in [5.41, 5.74) is 14.0. The van der Waals surface area contributed by atoms with Gasteiger partial charge in [0.1, 0.15) is 5.82 Å². The van der Waals surface area contributed by atoms with Gasteiger partial charge in [-0.2, -0.15) is 0 Å². The average Bonchev–Trinajstić information content (AvgIpc) is 3.65. The monoisotopic (exact) mass is 704 g/mol. The lowest BCUT2D eigenvalue weighted by Gasteiger charge is -2.23. The lowest BCUT2D eigenvalue weighted by atomic mass is 9.81. The Kier molecular flexibility index (Phi) is 7.62. The molecule has 55 heavy (non-hydrogen) atoms. The van der Waals surface area contributed by atoms with Gasteiger partial charge >= 0.3 is 0 Å². The van der Waals surface area contributed by atoms with Gasteiger partial charge in [-0.05, 0) is 133 Å². The maximum Gasteiger partial charge on any atom is 0.145 e. The van der Waals surface area contributed by atoms with Crippen LogP contribution in [0.15, 0.2) is 158 Å². The minimum absolute atomic E-state index is 0.255. The third-order valence-electron chi connectivity index (χ3n) is 12.0. The molecule has 3 aliphatic carbocycles. The average molecular weight is 705 g/mol. The number of hydrogen-bond donors (Lipinski definition) is 0. The molecule has 0 N–H and O–H groups in total. The Hall–Kier alpha value is -6.51. The highest BCUT2D eigenvalue weighted by atomic mass is 15.1. The number of imidazole rings is 1. The molecule has 3 aliphatic rings. The topological polar surface area (TPSA) is 17.8 Å². The molecular formula is C53H40N2. The highest BCUT2D eigenvalue weighted by Crippen LogP contribution is 2.41. The fourth-order valence-corrected chi connectivity index (χ4v) is 9.46. The third kappa shape index (κ3) is 5.28. The number of nitrogens with zero attached hydrogens (tertiary/aromatic N) is 2. The molecule has 1 atom stereocenters. The van der Waals surface area contributed by atoms with Gasteiger partial charge in [-0.15, -0.1) is 0 Å². The van der Waals surface area contributed by atoms with Gasteiger partial charge < -0.3 is 0 Å². The van der Waals surface area contributed by atoms with Crippen molar-refractivity contribution >= 4 is 56.4 Å². The van der Waals surface area contributed by atoms with Gasteiger partial charge in [0.2, 0.25) is 0 Å². The maximum absolute atomic E-state index is 5.16. The Morgan fingerprint density at radius 1 is 0.582 bits per heavy atom. The minimum atomic E-state index is 0.255. The molecule has 0 amide bonds. The highest BCUT2D eigenvalue weighted by molar-refractivity contribution is 6.11. The Morgan fingerprint density at radius 3 is 2.22 bits per heavy atom. The van der Waals surface area contributed by atoms with Crippen LogP contribution in [0.5, 0.6) is 0 Å². The van der Waals surface area contributed by atoms with Crippen molar-refractivity contribution in [3.8, 4) is 27.9 Å². The quantitative estimate of drug-likeness (QED) is 0.174. The Morgan fingerprint density at radius 2 is 1.35 bits per heavy atom. The van der Waals surface area contributed by atoms with E-state index in [1.807, 2.05) is 0 Å². The van der Waals surface area contributed by atoms with Crippen LogP contribution in [-0.2, 0) is 6.42 Å². The molecule has 262 valence electrons. The zero-order valence-corrected chi connectivity index (χ0v) is 30.8. The van der Waals surface area contributed by atoms with Crippen LogP contribution in [0.1, 0.15) is 54.1 Å². The molecule has 8 aromatic rings. The van der Waals surface area contributed by atoms with Crippen LogP contribution < -0.4 is 10.4 Å². The summed E-state index contributed by atoms with van der Waals surface area (Å²) in [5.74, 6) is 1.24. The second-order valence-corrected chi connectivity index (χ2v) is 15.2. The van der Waals surface area contributed by atoms with E-state index < -0.39 is 0 Å². The van der Waals surface area contributed by atoms with Gasteiger partial charge in [-0.25, -0.2) is 4.98 Å². The molecule has 0 saturated heterocycles. The molecule has 2 nitrogen and oxygen atoms in total. The van der Waals surface area contributed by atoms with Gasteiger partial charge in [0.25, 0.3) is 0 Å². The van der Waals surface area contributed by atoms with E-state index in [1.54, 1.807) is 0 Å². The Bertz CT molecular complexity index is 3060. The summed E-state index contributed by atoms with van der Waals surface area (Å²) >= 11 is 0. The summed E-state index contributed by atoms with van der Waals surface area (Å²) in [6, 6.07) is 49.1. The minimum Gasteiger partial charge on any atom is -0.292 e. The predicted octanol–water partition coefficient (Wildman–Crippen LogP) is 12.1. The van der Waals surface area contributed by atoms with Crippen LogP contribution >= 0.6 is 0 Å². The summed E-state index contributed by atoms with van der Waals surface area (Å²) in [4.78, 5) is 5.16. The Labute approximate surface area is 321 Å². The molecule has 11 rings (SSSR count). The molecule has 1 aromatic heterocycles. The van der Waals surface area contributed by atoms with Gasteiger partial charge in [0, 0.05) is 17.2 Å². The lowest BCUT2D eigenvalue weighted by molar-refractivity contribution is 0.855. The third-order valence-corrected chi connectivity index (χ3v) is 12.0. The molecular weight excluding hydrogens is 665 g/mol. The van der Waals surface area contributed by atoms with E-state index in [1.165, 1.54) is 70.9 Å². The molecule has 1 heterocycles. The van der Waals surface area contributed by atoms with Crippen LogP contribution in [0, 0.1) is 0 Å². The number of para-hydroxylation sites is 3. The van der Waals surface area contributed by atoms with Crippen molar-refractivity contribution in [1.29, 1.82) is 0 Å². The molecule has 0 fully saturated rings.